The molecular weight excluding hydrogens is 567 g/mol. The normalized spacial score (nSPS) is 28.3. The van der Waals surface area contributed by atoms with Crippen LogP contribution >= 0.6 is 34.5 Å². The number of aromatic nitrogens is 4. The third-order valence-corrected chi connectivity index (χ3v) is 10.5. The molecule has 2 aromatic rings. The zero-order valence-electron chi connectivity index (χ0n) is 21.9. The molecule has 13 heteroatoms. The number of hydrogen-bond donors (Lipinski definition) is 1. The number of H-pyrrole nitrogens is 1. The molecular formula is C26H32Cl2N4O6S. The zero-order chi connectivity index (χ0) is 27.9. The summed E-state index contributed by atoms with van der Waals surface area (Å²) in [6.45, 7) is 4.30. The highest BCUT2D eigenvalue weighted by Crippen LogP contribution is 2.49. The Morgan fingerprint density at radius 2 is 1.82 bits per heavy atom. The summed E-state index contributed by atoms with van der Waals surface area (Å²) in [4.78, 5) is 56.8. The molecule has 1 saturated heterocycles. The number of carbonyl (C=O) groups excluding carboxylic acids is 2. The molecule has 3 unspecified atom stereocenters. The molecule has 2 aromatic heterocycles. The van der Waals surface area contributed by atoms with Gasteiger partial charge in [-0.1, -0.05) is 33.1 Å². The van der Waals surface area contributed by atoms with Crippen LogP contribution in [-0.2, 0) is 19.7 Å². The number of carbonyl (C=O) groups is 2. The van der Waals surface area contributed by atoms with Crippen LogP contribution in [0.2, 0.25) is 0 Å². The number of rotatable bonds is 6. The summed E-state index contributed by atoms with van der Waals surface area (Å²) in [6, 6.07) is -0.364. The van der Waals surface area contributed by atoms with E-state index < -0.39 is 45.5 Å². The first-order chi connectivity index (χ1) is 18.6. The molecule has 3 aliphatic rings. The average Bonchev–Trinajstić information content (AvgIpc) is 3.51. The predicted molar refractivity (Wildman–Crippen MR) is 146 cm³/mol. The molecule has 1 N–H and O–H groups in total. The van der Waals surface area contributed by atoms with Gasteiger partial charge in [-0.05, 0) is 25.7 Å². The standard InChI is InChI=1S/C26H32Cl2N4O6S/c1-26(2,19-15(27)10-14(11-16(19)28)32-25(36)30-18(33)12-29-32)24-31-20(13-6-4-3-5-7-13)21(39-24)23(35)38-17-8-9-37-22(17)34/h12-17,19H,3-11H2,1-2H3,(H,30,33,36). The fourth-order valence-corrected chi connectivity index (χ4v) is 8.83. The van der Waals surface area contributed by atoms with E-state index in [1.807, 2.05) is 13.8 Å². The van der Waals surface area contributed by atoms with Crippen molar-refractivity contribution in [2.45, 2.75) is 99.4 Å². The van der Waals surface area contributed by atoms with E-state index >= 15 is 0 Å². The number of thiazole rings is 1. The third-order valence-electron chi connectivity index (χ3n) is 8.21. The summed E-state index contributed by atoms with van der Waals surface area (Å²) in [6.07, 6.45) is 6.56. The zero-order valence-corrected chi connectivity index (χ0v) is 24.2. The maximum absolute atomic E-state index is 13.3. The lowest BCUT2D eigenvalue weighted by atomic mass is 9.69. The lowest BCUT2D eigenvalue weighted by molar-refractivity contribution is -0.145. The Morgan fingerprint density at radius 1 is 1.13 bits per heavy atom. The summed E-state index contributed by atoms with van der Waals surface area (Å²) in [5.74, 6) is -1.15. The number of nitrogens with zero attached hydrogens (tertiary/aromatic N) is 3. The van der Waals surface area contributed by atoms with Crippen molar-refractivity contribution in [1.82, 2.24) is 19.7 Å². The van der Waals surface area contributed by atoms with E-state index in [4.69, 9.17) is 37.7 Å². The van der Waals surface area contributed by atoms with Gasteiger partial charge < -0.3 is 9.47 Å². The van der Waals surface area contributed by atoms with E-state index in [-0.39, 0.29) is 24.5 Å². The number of aromatic amines is 1. The summed E-state index contributed by atoms with van der Waals surface area (Å²) >= 11 is 15.2. The molecule has 2 saturated carbocycles. The average molecular weight is 600 g/mol. The second-order valence-corrected chi connectivity index (χ2v) is 13.3. The van der Waals surface area contributed by atoms with E-state index in [9.17, 15) is 19.2 Å². The van der Waals surface area contributed by atoms with Gasteiger partial charge in [0.05, 0.1) is 23.4 Å². The van der Waals surface area contributed by atoms with Gasteiger partial charge in [0.25, 0.3) is 5.56 Å². The molecule has 0 radical (unpaired) electrons. The minimum Gasteiger partial charge on any atom is -0.463 e. The molecule has 0 amide bonds. The molecule has 3 fully saturated rings. The Labute approximate surface area is 239 Å². The highest BCUT2D eigenvalue weighted by atomic mass is 35.5. The molecule has 212 valence electrons. The van der Waals surface area contributed by atoms with Crippen LogP contribution in [0.3, 0.4) is 0 Å². The maximum atomic E-state index is 13.3. The van der Waals surface area contributed by atoms with Crippen LogP contribution < -0.4 is 11.2 Å². The summed E-state index contributed by atoms with van der Waals surface area (Å²) in [5.41, 5.74) is -1.03. The first kappa shape index (κ1) is 28.3. The number of ether oxygens (including phenoxy) is 2. The van der Waals surface area contributed by atoms with Crippen molar-refractivity contribution < 1.29 is 19.1 Å². The summed E-state index contributed by atoms with van der Waals surface area (Å²) in [7, 11) is 0. The van der Waals surface area contributed by atoms with E-state index in [0.29, 0.717) is 24.1 Å². The first-order valence-electron chi connectivity index (χ1n) is 13.4. The van der Waals surface area contributed by atoms with Gasteiger partial charge >= 0.3 is 17.6 Å². The molecule has 0 aromatic carbocycles. The quantitative estimate of drug-likeness (QED) is 0.389. The largest absolute Gasteiger partial charge is 0.463 e. The molecule has 10 nitrogen and oxygen atoms in total. The number of nitrogens with one attached hydrogen (secondary N) is 1. The van der Waals surface area contributed by atoms with Crippen molar-refractivity contribution in [2.75, 3.05) is 6.61 Å². The van der Waals surface area contributed by atoms with Crippen LogP contribution in [0.15, 0.2) is 15.8 Å². The highest BCUT2D eigenvalue weighted by molar-refractivity contribution is 7.13. The van der Waals surface area contributed by atoms with Gasteiger partial charge in [-0.3, -0.25) is 9.78 Å². The van der Waals surface area contributed by atoms with E-state index in [1.54, 1.807) is 0 Å². The summed E-state index contributed by atoms with van der Waals surface area (Å²) in [5, 5.41) is 3.89. The number of hydrogen-bond acceptors (Lipinski definition) is 9. The van der Waals surface area contributed by atoms with Crippen molar-refractivity contribution >= 4 is 46.5 Å². The first-order valence-corrected chi connectivity index (χ1v) is 15.1. The van der Waals surface area contributed by atoms with Crippen molar-refractivity contribution in [3.63, 3.8) is 0 Å². The van der Waals surface area contributed by atoms with Crippen LogP contribution in [0.5, 0.6) is 0 Å². The lowest BCUT2D eigenvalue weighted by Gasteiger charge is -2.44. The predicted octanol–water partition coefficient (Wildman–Crippen LogP) is 4.05. The van der Waals surface area contributed by atoms with Crippen molar-refractivity contribution in [3.05, 3.63) is 42.6 Å². The molecule has 39 heavy (non-hydrogen) atoms. The van der Waals surface area contributed by atoms with Crippen LogP contribution in [0.4, 0.5) is 0 Å². The fourth-order valence-electron chi connectivity index (χ4n) is 6.18. The number of alkyl halides is 2. The van der Waals surface area contributed by atoms with Crippen LogP contribution in [0.1, 0.15) is 97.5 Å². The van der Waals surface area contributed by atoms with Crippen LogP contribution in [0.25, 0.3) is 0 Å². The monoisotopic (exact) mass is 598 g/mol. The maximum Gasteiger partial charge on any atom is 0.351 e. The summed E-state index contributed by atoms with van der Waals surface area (Å²) < 4.78 is 11.8. The molecule has 5 rings (SSSR count). The number of halogens is 2. The topological polar surface area (TPSA) is 133 Å². The molecule has 2 aliphatic carbocycles. The van der Waals surface area contributed by atoms with Gasteiger partial charge in [0.15, 0.2) is 0 Å². The molecule has 0 spiro atoms. The Kier molecular flexibility index (Phi) is 8.22. The highest BCUT2D eigenvalue weighted by Gasteiger charge is 2.48. The molecule has 0 bridgehead atoms. The molecule has 3 heterocycles. The van der Waals surface area contributed by atoms with E-state index in [0.717, 1.165) is 49.0 Å². The Morgan fingerprint density at radius 3 is 2.44 bits per heavy atom. The second kappa shape index (κ2) is 11.3. The lowest BCUT2D eigenvalue weighted by Crippen LogP contribution is -2.48. The van der Waals surface area contributed by atoms with Gasteiger partial charge in [-0.2, -0.15) is 5.10 Å². The fraction of sp³-hybridized carbons (Fsp3) is 0.692. The Hall–Kier alpha value is -2.24. The third kappa shape index (κ3) is 5.67. The minimum absolute atomic E-state index is 0.144. The number of cyclic esters (lactones) is 1. The van der Waals surface area contributed by atoms with E-state index in [2.05, 4.69) is 10.1 Å². The SMILES string of the molecule is CC(C)(c1nc(C2CCCCC2)c(C(=O)OC2CCOC2=O)s1)C1C(Cl)CC(n2ncc(=O)[nH]c2=O)CC1Cl. The Bertz CT molecular complexity index is 1340. The van der Waals surface area contributed by atoms with Gasteiger partial charge in [0.1, 0.15) is 11.1 Å². The van der Waals surface area contributed by atoms with Crippen LogP contribution in [0, 0.1) is 5.92 Å². The molecule has 3 atom stereocenters. The Balaban J connectivity index is 1.43. The number of esters is 2. The van der Waals surface area contributed by atoms with Gasteiger partial charge in [-0.25, -0.2) is 24.0 Å². The van der Waals surface area contributed by atoms with Gasteiger partial charge in [0, 0.05) is 34.4 Å². The van der Waals surface area contributed by atoms with Gasteiger partial charge in [0.2, 0.25) is 6.10 Å². The van der Waals surface area contributed by atoms with Crippen molar-refractivity contribution in [1.29, 1.82) is 0 Å². The van der Waals surface area contributed by atoms with E-state index in [1.165, 1.54) is 16.0 Å². The smallest absolute Gasteiger partial charge is 0.351 e. The van der Waals surface area contributed by atoms with Crippen LogP contribution in [-0.4, -0.2) is 55.2 Å². The van der Waals surface area contributed by atoms with Crippen molar-refractivity contribution in [2.24, 2.45) is 5.92 Å². The second-order valence-electron chi connectivity index (χ2n) is 11.2. The van der Waals surface area contributed by atoms with Gasteiger partial charge in [-0.15, -0.1) is 34.5 Å². The van der Waals surface area contributed by atoms with Crippen molar-refractivity contribution in [3.8, 4) is 0 Å². The molecule has 1 aliphatic heterocycles. The minimum atomic E-state index is -0.894.